The van der Waals surface area contributed by atoms with Crippen molar-refractivity contribution in [2.45, 2.75) is 31.4 Å². The fraction of sp³-hybridized carbons (Fsp3) is 0.294. The number of hydrazine groups is 1. The SMILES string of the molecule is NNC(Cc1cccc(Br)c1)c1ccc(OC2CC2)cc1. The molecule has 1 aliphatic carbocycles. The zero-order valence-electron chi connectivity index (χ0n) is 11.8. The molecule has 0 spiro atoms. The van der Waals surface area contributed by atoms with E-state index in [0.29, 0.717) is 6.10 Å². The first kappa shape index (κ1) is 14.6. The molecule has 2 aromatic carbocycles. The molecule has 0 radical (unpaired) electrons. The van der Waals surface area contributed by atoms with Gasteiger partial charge in [0.2, 0.25) is 0 Å². The van der Waals surface area contributed by atoms with Crippen molar-refractivity contribution < 1.29 is 4.74 Å². The molecule has 3 nitrogen and oxygen atoms in total. The van der Waals surface area contributed by atoms with Crippen LogP contribution in [0.1, 0.15) is 30.0 Å². The molecule has 0 amide bonds. The van der Waals surface area contributed by atoms with Gasteiger partial charge in [-0.25, -0.2) is 0 Å². The number of hydrogen-bond acceptors (Lipinski definition) is 3. The maximum Gasteiger partial charge on any atom is 0.119 e. The Morgan fingerprint density at radius 2 is 1.95 bits per heavy atom. The summed E-state index contributed by atoms with van der Waals surface area (Å²) in [5.41, 5.74) is 5.31. The van der Waals surface area contributed by atoms with Crippen LogP contribution in [0, 0.1) is 0 Å². The zero-order chi connectivity index (χ0) is 14.7. The second-order valence-electron chi connectivity index (χ2n) is 5.44. The highest BCUT2D eigenvalue weighted by Crippen LogP contribution is 2.28. The van der Waals surface area contributed by atoms with Gasteiger partial charge in [0.1, 0.15) is 5.75 Å². The van der Waals surface area contributed by atoms with E-state index in [4.69, 9.17) is 10.6 Å². The third-order valence-electron chi connectivity index (χ3n) is 3.64. The molecule has 0 bridgehead atoms. The molecule has 2 aromatic rings. The number of nitrogens with two attached hydrogens (primary N) is 1. The summed E-state index contributed by atoms with van der Waals surface area (Å²) >= 11 is 3.50. The molecule has 1 aliphatic rings. The van der Waals surface area contributed by atoms with Crippen molar-refractivity contribution >= 4 is 15.9 Å². The quantitative estimate of drug-likeness (QED) is 0.618. The summed E-state index contributed by atoms with van der Waals surface area (Å²) in [6.45, 7) is 0. The maximum absolute atomic E-state index is 5.77. The monoisotopic (exact) mass is 346 g/mol. The minimum Gasteiger partial charge on any atom is -0.490 e. The molecule has 1 fully saturated rings. The number of halogens is 1. The molecule has 3 rings (SSSR count). The summed E-state index contributed by atoms with van der Waals surface area (Å²) < 4.78 is 6.86. The summed E-state index contributed by atoms with van der Waals surface area (Å²) in [7, 11) is 0. The predicted octanol–water partition coefficient (Wildman–Crippen LogP) is 3.74. The molecule has 21 heavy (non-hydrogen) atoms. The van der Waals surface area contributed by atoms with E-state index in [1.807, 2.05) is 24.3 Å². The van der Waals surface area contributed by atoms with Gasteiger partial charge in [-0.15, -0.1) is 0 Å². The number of rotatable bonds is 6. The van der Waals surface area contributed by atoms with Crippen molar-refractivity contribution in [2.75, 3.05) is 0 Å². The third-order valence-corrected chi connectivity index (χ3v) is 4.13. The third kappa shape index (κ3) is 4.06. The topological polar surface area (TPSA) is 47.3 Å². The van der Waals surface area contributed by atoms with Crippen molar-refractivity contribution in [1.82, 2.24) is 5.43 Å². The van der Waals surface area contributed by atoms with E-state index in [2.05, 4.69) is 45.6 Å². The first-order valence-electron chi connectivity index (χ1n) is 7.22. The van der Waals surface area contributed by atoms with Crippen molar-refractivity contribution in [1.29, 1.82) is 0 Å². The average molecular weight is 347 g/mol. The van der Waals surface area contributed by atoms with Crippen LogP contribution in [0.15, 0.2) is 53.0 Å². The van der Waals surface area contributed by atoms with Crippen molar-refractivity contribution in [3.05, 3.63) is 64.1 Å². The maximum atomic E-state index is 5.77. The lowest BCUT2D eigenvalue weighted by Crippen LogP contribution is -2.29. The lowest BCUT2D eigenvalue weighted by atomic mass is 9.99. The second-order valence-corrected chi connectivity index (χ2v) is 6.36. The minimum atomic E-state index is 0.0919. The van der Waals surface area contributed by atoms with Crippen molar-refractivity contribution in [2.24, 2.45) is 5.84 Å². The molecule has 4 heteroatoms. The highest BCUT2D eigenvalue weighted by Gasteiger charge is 2.23. The van der Waals surface area contributed by atoms with Gasteiger partial charge in [-0.3, -0.25) is 11.3 Å². The van der Waals surface area contributed by atoms with Gasteiger partial charge in [0.05, 0.1) is 6.10 Å². The number of hydrogen-bond donors (Lipinski definition) is 2. The highest BCUT2D eigenvalue weighted by atomic mass is 79.9. The Hall–Kier alpha value is -1.36. The number of nitrogens with one attached hydrogen (secondary N) is 1. The fourth-order valence-electron chi connectivity index (χ4n) is 2.33. The normalized spacial score (nSPS) is 15.7. The van der Waals surface area contributed by atoms with Crippen LogP contribution in [-0.2, 0) is 6.42 Å². The fourth-order valence-corrected chi connectivity index (χ4v) is 2.78. The van der Waals surface area contributed by atoms with Gasteiger partial charge in [-0.1, -0.05) is 40.2 Å². The molecule has 0 saturated heterocycles. The first-order valence-corrected chi connectivity index (χ1v) is 8.01. The molecule has 0 aromatic heterocycles. The lowest BCUT2D eigenvalue weighted by molar-refractivity contribution is 0.303. The molecule has 0 heterocycles. The molecule has 1 unspecified atom stereocenters. The summed E-state index contributed by atoms with van der Waals surface area (Å²) in [5, 5.41) is 0. The van der Waals surface area contributed by atoms with Gasteiger partial charge in [-0.2, -0.15) is 0 Å². The second kappa shape index (κ2) is 6.60. The van der Waals surface area contributed by atoms with Gasteiger partial charge in [-0.05, 0) is 54.7 Å². The molecule has 110 valence electrons. The van der Waals surface area contributed by atoms with Crippen LogP contribution >= 0.6 is 15.9 Å². The lowest BCUT2D eigenvalue weighted by Gasteiger charge is -2.17. The largest absolute Gasteiger partial charge is 0.490 e. The van der Waals surface area contributed by atoms with Crippen molar-refractivity contribution in [3.8, 4) is 5.75 Å². The van der Waals surface area contributed by atoms with Crippen LogP contribution in [0.25, 0.3) is 0 Å². The van der Waals surface area contributed by atoms with Gasteiger partial charge in [0.15, 0.2) is 0 Å². The average Bonchev–Trinajstić information content (AvgIpc) is 3.30. The van der Waals surface area contributed by atoms with E-state index in [9.17, 15) is 0 Å². The van der Waals surface area contributed by atoms with E-state index in [0.717, 1.165) is 16.6 Å². The zero-order valence-corrected chi connectivity index (χ0v) is 13.3. The Morgan fingerprint density at radius 3 is 2.57 bits per heavy atom. The van der Waals surface area contributed by atoms with Crippen LogP contribution in [0.4, 0.5) is 0 Å². The van der Waals surface area contributed by atoms with Gasteiger partial charge < -0.3 is 4.74 Å². The van der Waals surface area contributed by atoms with E-state index in [-0.39, 0.29) is 6.04 Å². The first-order chi connectivity index (χ1) is 10.2. The molecular formula is C17H19BrN2O. The van der Waals surface area contributed by atoms with Gasteiger partial charge in [0.25, 0.3) is 0 Å². The molecular weight excluding hydrogens is 328 g/mol. The van der Waals surface area contributed by atoms with E-state index in [1.165, 1.54) is 24.0 Å². The van der Waals surface area contributed by atoms with Crippen LogP contribution in [-0.4, -0.2) is 6.10 Å². The van der Waals surface area contributed by atoms with Crippen molar-refractivity contribution in [3.63, 3.8) is 0 Å². The molecule has 1 atom stereocenters. The Kier molecular flexibility index (Phi) is 4.58. The standard InChI is InChI=1S/C17H19BrN2O/c18-14-3-1-2-12(10-14)11-17(20-19)13-4-6-15(7-5-13)21-16-8-9-16/h1-7,10,16-17,20H,8-9,11,19H2. The molecule has 1 saturated carbocycles. The minimum absolute atomic E-state index is 0.0919. The number of ether oxygens (including phenoxy) is 1. The van der Waals surface area contributed by atoms with Gasteiger partial charge >= 0.3 is 0 Å². The Labute approximate surface area is 133 Å². The summed E-state index contributed by atoms with van der Waals surface area (Å²) in [5.74, 6) is 6.67. The smallest absolute Gasteiger partial charge is 0.119 e. The van der Waals surface area contributed by atoms with Crippen LogP contribution in [0.3, 0.4) is 0 Å². The summed E-state index contributed by atoms with van der Waals surface area (Å²) in [4.78, 5) is 0. The van der Waals surface area contributed by atoms with Crippen LogP contribution in [0.5, 0.6) is 5.75 Å². The summed E-state index contributed by atoms with van der Waals surface area (Å²) in [6.07, 6.45) is 3.63. The van der Waals surface area contributed by atoms with Crippen LogP contribution < -0.4 is 16.0 Å². The Bertz CT molecular complexity index is 596. The Morgan fingerprint density at radius 1 is 1.19 bits per heavy atom. The van der Waals surface area contributed by atoms with E-state index >= 15 is 0 Å². The predicted molar refractivity (Wildman–Crippen MR) is 88.0 cm³/mol. The molecule has 0 aliphatic heterocycles. The molecule has 3 N–H and O–H groups in total. The van der Waals surface area contributed by atoms with E-state index < -0.39 is 0 Å². The number of benzene rings is 2. The van der Waals surface area contributed by atoms with E-state index in [1.54, 1.807) is 0 Å². The summed E-state index contributed by atoms with van der Waals surface area (Å²) in [6, 6.07) is 16.6. The highest BCUT2D eigenvalue weighted by molar-refractivity contribution is 9.10. The van der Waals surface area contributed by atoms with Crippen LogP contribution in [0.2, 0.25) is 0 Å². The Balaban J connectivity index is 1.69. The van der Waals surface area contributed by atoms with Gasteiger partial charge in [0, 0.05) is 10.5 Å².